The van der Waals surface area contributed by atoms with Crippen molar-refractivity contribution in [3.63, 3.8) is 0 Å². The Hall–Kier alpha value is -1.14. The zero-order valence-corrected chi connectivity index (χ0v) is 19.6. The van der Waals surface area contributed by atoms with Crippen LogP contribution in [-0.2, 0) is 23.5 Å². The van der Waals surface area contributed by atoms with Crippen molar-refractivity contribution in [1.82, 2.24) is 0 Å². The molecule has 0 aromatic carbocycles. The third-order valence-corrected chi connectivity index (χ3v) is 10.1. The molecule has 0 aromatic heterocycles. The Labute approximate surface area is 166 Å². The van der Waals surface area contributed by atoms with Crippen LogP contribution in [0, 0.1) is 11.3 Å². The van der Waals surface area contributed by atoms with Gasteiger partial charge in [0.15, 0.2) is 8.32 Å². The molecule has 27 heavy (non-hydrogen) atoms. The SMILES string of the molecule is COC(=O)[C@@]1(CCO[Si](C)(C)C(C)(C)C)C=C[C@@H](CC(=O)OC(C)(C)C)C1. The smallest absolute Gasteiger partial charge is 0.315 e. The van der Waals surface area contributed by atoms with Gasteiger partial charge in [-0.2, -0.15) is 0 Å². The lowest BCUT2D eigenvalue weighted by atomic mass is 9.82. The van der Waals surface area contributed by atoms with Crippen molar-refractivity contribution in [1.29, 1.82) is 0 Å². The Morgan fingerprint density at radius 3 is 2.22 bits per heavy atom. The number of hydrogen-bond donors (Lipinski definition) is 0. The van der Waals surface area contributed by atoms with Gasteiger partial charge in [-0.15, -0.1) is 0 Å². The lowest BCUT2D eigenvalue weighted by Crippen LogP contribution is -2.42. The summed E-state index contributed by atoms with van der Waals surface area (Å²) in [5.74, 6) is -0.522. The summed E-state index contributed by atoms with van der Waals surface area (Å²) in [6.07, 6.45) is 5.25. The van der Waals surface area contributed by atoms with Crippen LogP contribution in [0.1, 0.15) is 60.8 Å². The van der Waals surface area contributed by atoms with Crippen LogP contribution >= 0.6 is 0 Å². The third-order valence-electron chi connectivity index (χ3n) is 5.57. The minimum Gasteiger partial charge on any atom is -0.468 e. The molecule has 0 amide bonds. The highest BCUT2D eigenvalue weighted by Gasteiger charge is 2.44. The van der Waals surface area contributed by atoms with Crippen LogP contribution in [0.25, 0.3) is 0 Å². The molecular formula is C21H38O5Si. The van der Waals surface area contributed by atoms with Crippen molar-refractivity contribution in [2.24, 2.45) is 11.3 Å². The monoisotopic (exact) mass is 398 g/mol. The van der Waals surface area contributed by atoms with Crippen LogP contribution in [0.2, 0.25) is 18.1 Å². The molecule has 0 saturated carbocycles. The summed E-state index contributed by atoms with van der Waals surface area (Å²) in [5, 5.41) is 0.121. The average molecular weight is 399 g/mol. The zero-order valence-electron chi connectivity index (χ0n) is 18.6. The molecule has 0 spiro atoms. The molecule has 2 atom stereocenters. The fraction of sp³-hybridized carbons (Fsp3) is 0.810. The van der Waals surface area contributed by atoms with E-state index < -0.39 is 19.3 Å². The van der Waals surface area contributed by atoms with Gasteiger partial charge >= 0.3 is 11.9 Å². The van der Waals surface area contributed by atoms with E-state index in [2.05, 4.69) is 33.9 Å². The maximum atomic E-state index is 12.5. The molecular weight excluding hydrogens is 360 g/mol. The first-order chi connectivity index (χ1) is 12.1. The predicted octanol–water partition coefficient (Wildman–Crippen LogP) is 4.87. The molecule has 0 unspecified atom stereocenters. The van der Waals surface area contributed by atoms with Crippen LogP contribution in [0.5, 0.6) is 0 Å². The van der Waals surface area contributed by atoms with Gasteiger partial charge in [-0.25, -0.2) is 0 Å². The van der Waals surface area contributed by atoms with Gasteiger partial charge in [0.05, 0.1) is 18.9 Å². The molecule has 1 aliphatic carbocycles. The van der Waals surface area contributed by atoms with Gasteiger partial charge in [0, 0.05) is 6.61 Å². The topological polar surface area (TPSA) is 61.8 Å². The van der Waals surface area contributed by atoms with E-state index in [1.807, 2.05) is 32.9 Å². The number of carbonyl (C=O) groups excluding carboxylic acids is 2. The van der Waals surface area contributed by atoms with Gasteiger partial charge in [0.25, 0.3) is 0 Å². The predicted molar refractivity (Wildman–Crippen MR) is 110 cm³/mol. The molecule has 1 aliphatic rings. The molecule has 0 aromatic rings. The number of hydrogen-bond acceptors (Lipinski definition) is 5. The van der Waals surface area contributed by atoms with E-state index in [1.54, 1.807) is 0 Å². The van der Waals surface area contributed by atoms with E-state index in [1.165, 1.54) is 7.11 Å². The number of esters is 2. The molecule has 0 N–H and O–H groups in total. The first-order valence-electron chi connectivity index (χ1n) is 9.75. The Kier molecular flexibility index (Phi) is 7.50. The Morgan fingerprint density at radius 2 is 1.74 bits per heavy atom. The second-order valence-corrected chi connectivity index (χ2v) is 14.9. The molecule has 0 bridgehead atoms. The maximum absolute atomic E-state index is 12.5. The molecule has 156 valence electrons. The van der Waals surface area contributed by atoms with E-state index in [-0.39, 0.29) is 29.3 Å². The highest BCUT2D eigenvalue weighted by atomic mass is 28.4. The van der Waals surface area contributed by atoms with Gasteiger partial charge in [0.2, 0.25) is 0 Å². The van der Waals surface area contributed by atoms with Crippen LogP contribution < -0.4 is 0 Å². The zero-order chi connectivity index (χ0) is 21.1. The standard InChI is InChI=1S/C21H38O5Si/c1-19(2,3)26-17(22)14-16-10-11-21(15-16,18(23)24-7)12-13-25-27(8,9)20(4,5)6/h10-11,16H,12-15H2,1-9H3/t16-,21+/m0/s1. The van der Waals surface area contributed by atoms with Gasteiger partial charge < -0.3 is 13.9 Å². The Bertz CT molecular complexity index is 568. The van der Waals surface area contributed by atoms with Crippen molar-refractivity contribution in [3.8, 4) is 0 Å². The molecule has 1 rings (SSSR count). The summed E-state index contributed by atoms with van der Waals surface area (Å²) in [4.78, 5) is 24.6. The first kappa shape index (κ1) is 23.9. The largest absolute Gasteiger partial charge is 0.468 e. The van der Waals surface area contributed by atoms with Crippen LogP contribution in [-0.4, -0.2) is 39.6 Å². The summed E-state index contributed by atoms with van der Waals surface area (Å²) in [6.45, 7) is 17.1. The van der Waals surface area contributed by atoms with Gasteiger partial charge in [-0.3, -0.25) is 9.59 Å². The number of rotatable bonds is 7. The lowest BCUT2D eigenvalue weighted by Gasteiger charge is -2.37. The average Bonchev–Trinajstić information content (AvgIpc) is 2.87. The van der Waals surface area contributed by atoms with Gasteiger partial charge in [-0.05, 0) is 57.7 Å². The van der Waals surface area contributed by atoms with Crippen molar-refractivity contribution in [2.45, 2.75) is 84.5 Å². The van der Waals surface area contributed by atoms with Crippen LogP contribution in [0.4, 0.5) is 0 Å². The molecule has 0 heterocycles. The molecule has 0 saturated heterocycles. The summed E-state index contributed by atoms with van der Waals surface area (Å²) < 4.78 is 16.7. The van der Waals surface area contributed by atoms with E-state index in [9.17, 15) is 9.59 Å². The minimum atomic E-state index is -1.88. The highest BCUT2D eigenvalue weighted by Crippen LogP contribution is 2.43. The number of carbonyl (C=O) groups is 2. The molecule has 0 aliphatic heterocycles. The maximum Gasteiger partial charge on any atom is 0.315 e. The summed E-state index contributed by atoms with van der Waals surface area (Å²) in [5.41, 5.74) is -1.22. The summed E-state index contributed by atoms with van der Waals surface area (Å²) in [6, 6.07) is 0. The molecule has 5 nitrogen and oxygen atoms in total. The first-order valence-corrected chi connectivity index (χ1v) is 12.7. The third kappa shape index (κ3) is 6.75. The number of allylic oxidation sites excluding steroid dienone is 1. The number of methoxy groups -OCH3 is 1. The summed E-state index contributed by atoms with van der Waals surface area (Å²) in [7, 11) is -0.465. The Balaban J connectivity index is 2.74. The van der Waals surface area contributed by atoms with E-state index >= 15 is 0 Å². The second-order valence-electron chi connectivity index (χ2n) is 10.1. The van der Waals surface area contributed by atoms with E-state index in [0.717, 1.165) is 0 Å². The minimum absolute atomic E-state index is 0.0215. The fourth-order valence-corrected chi connectivity index (χ4v) is 4.05. The summed E-state index contributed by atoms with van der Waals surface area (Å²) >= 11 is 0. The normalized spacial score (nSPS) is 23.4. The van der Waals surface area contributed by atoms with Crippen LogP contribution in [0.15, 0.2) is 12.2 Å². The molecule has 0 radical (unpaired) electrons. The van der Waals surface area contributed by atoms with Crippen LogP contribution in [0.3, 0.4) is 0 Å². The van der Waals surface area contributed by atoms with Gasteiger partial charge in [0.1, 0.15) is 5.60 Å². The quantitative estimate of drug-likeness (QED) is 0.348. The van der Waals surface area contributed by atoms with Crippen molar-refractivity contribution < 1.29 is 23.5 Å². The number of ether oxygens (including phenoxy) is 2. The van der Waals surface area contributed by atoms with Crippen molar-refractivity contribution >= 4 is 20.3 Å². The van der Waals surface area contributed by atoms with E-state index in [4.69, 9.17) is 13.9 Å². The van der Waals surface area contributed by atoms with Crippen molar-refractivity contribution in [3.05, 3.63) is 12.2 Å². The Morgan fingerprint density at radius 1 is 1.15 bits per heavy atom. The fourth-order valence-electron chi connectivity index (χ4n) is 3.01. The molecule has 6 heteroatoms. The molecule has 0 fully saturated rings. The van der Waals surface area contributed by atoms with E-state index in [0.29, 0.717) is 19.4 Å². The second kappa shape index (κ2) is 8.48. The highest BCUT2D eigenvalue weighted by molar-refractivity contribution is 6.74. The van der Waals surface area contributed by atoms with Gasteiger partial charge in [-0.1, -0.05) is 32.9 Å². The van der Waals surface area contributed by atoms with Crippen molar-refractivity contribution in [2.75, 3.05) is 13.7 Å². The lowest BCUT2D eigenvalue weighted by molar-refractivity contribution is -0.157.